The largest absolute Gasteiger partial charge is 0.383 e. The van der Waals surface area contributed by atoms with Crippen molar-refractivity contribution in [2.45, 2.75) is 68.4 Å². The van der Waals surface area contributed by atoms with Gasteiger partial charge < -0.3 is 14.2 Å². The monoisotopic (exact) mass is 423 g/mol. The first kappa shape index (κ1) is 22.0. The number of likely N-dealkylation sites (N-methyl/N-ethyl adjacent to an activating group) is 1. The van der Waals surface area contributed by atoms with Crippen molar-refractivity contribution >= 4 is 9.84 Å². The molecule has 0 aromatic carbocycles. The maximum atomic E-state index is 13.4. The number of aromatic amines is 1. The van der Waals surface area contributed by atoms with E-state index in [1.165, 1.54) is 0 Å². The standard InChI is InChI=1S/C20H33N5O3S/c1-24(10-9-17-13-22-23-14-17)16-18-15-21-20(25(18)11-12-28-2)29(26,27)19-7-5-3-4-6-8-19/h13-15,19H,3-12,16H2,1-2H3,(H,22,23). The summed E-state index contributed by atoms with van der Waals surface area (Å²) in [6, 6.07) is 0. The van der Waals surface area contributed by atoms with Crippen LogP contribution in [0.1, 0.15) is 49.8 Å². The van der Waals surface area contributed by atoms with E-state index in [1.54, 1.807) is 13.3 Å². The molecule has 0 atom stereocenters. The number of hydrogen-bond acceptors (Lipinski definition) is 6. The van der Waals surface area contributed by atoms with Gasteiger partial charge in [-0.1, -0.05) is 25.7 Å². The molecule has 0 radical (unpaired) electrons. The Hall–Kier alpha value is -1.71. The van der Waals surface area contributed by atoms with E-state index < -0.39 is 9.84 Å². The van der Waals surface area contributed by atoms with Crippen molar-refractivity contribution < 1.29 is 13.2 Å². The maximum Gasteiger partial charge on any atom is 0.228 e. The number of ether oxygens (including phenoxy) is 1. The van der Waals surface area contributed by atoms with Crippen LogP contribution in [-0.2, 0) is 34.1 Å². The van der Waals surface area contributed by atoms with Crippen LogP contribution in [0.15, 0.2) is 23.7 Å². The lowest BCUT2D eigenvalue weighted by Gasteiger charge is -2.20. The van der Waals surface area contributed by atoms with Gasteiger partial charge >= 0.3 is 0 Å². The number of rotatable bonds is 10. The number of aromatic nitrogens is 4. The summed E-state index contributed by atoms with van der Waals surface area (Å²) in [5, 5.41) is 6.69. The first-order valence-corrected chi connectivity index (χ1v) is 12.0. The molecule has 1 aliphatic carbocycles. The molecule has 0 aliphatic heterocycles. The zero-order valence-electron chi connectivity index (χ0n) is 17.5. The molecule has 2 aromatic heterocycles. The zero-order chi connectivity index (χ0) is 20.7. The van der Waals surface area contributed by atoms with Crippen molar-refractivity contribution in [2.24, 2.45) is 0 Å². The highest BCUT2D eigenvalue weighted by molar-refractivity contribution is 7.91. The van der Waals surface area contributed by atoms with Gasteiger partial charge in [-0.3, -0.25) is 5.10 Å². The normalized spacial score (nSPS) is 16.4. The molecule has 0 saturated heterocycles. The molecule has 162 valence electrons. The fourth-order valence-corrected chi connectivity index (χ4v) is 5.93. The quantitative estimate of drug-likeness (QED) is 0.590. The SMILES string of the molecule is COCCn1c(CN(C)CCc2cn[nH]c2)cnc1S(=O)(=O)C1CCCCCC1. The third kappa shape index (κ3) is 5.67. The fraction of sp³-hybridized carbons (Fsp3) is 0.700. The molecule has 0 spiro atoms. The number of sulfone groups is 1. The van der Waals surface area contributed by atoms with Crippen LogP contribution in [0.3, 0.4) is 0 Å². The Labute approximate surface area is 173 Å². The van der Waals surface area contributed by atoms with Crippen LogP contribution in [0.2, 0.25) is 0 Å². The Morgan fingerprint density at radius 3 is 2.66 bits per heavy atom. The van der Waals surface area contributed by atoms with Crippen molar-refractivity contribution in [3.63, 3.8) is 0 Å². The summed E-state index contributed by atoms with van der Waals surface area (Å²) in [7, 11) is 0.223. The van der Waals surface area contributed by atoms with Crippen molar-refractivity contribution in [3.05, 3.63) is 29.8 Å². The highest BCUT2D eigenvalue weighted by Crippen LogP contribution is 2.28. The summed E-state index contributed by atoms with van der Waals surface area (Å²) in [5.41, 5.74) is 2.06. The Balaban J connectivity index is 1.76. The van der Waals surface area contributed by atoms with Gasteiger partial charge in [0.05, 0.1) is 29.9 Å². The lowest BCUT2D eigenvalue weighted by Crippen LogP contribution is -2.27. The molecule has 1 fully saturated rings. The van der Waals surface area contributed by atoms with Crippen LogP contribution in [-0.4, -0.2) is 65.6 Å². The lowest BCUT2D eigenvalue weighted by atomic mass is 10.2. The summed E-state index contributed by atoms with van der Waals surface area (Å²) in [6.07, 6.45) is 12.0. The number of nitrogens with zero attached hydrogens (tertiary/aromatic N) is 4. The highest BCUT2D eigenvalue weighted by Gasteiger charge is 2.32. The van der Waals surface area contributed by atoms with E-state index in [0.717, 1.165) is 62.7 Å². The van der Waals surface area contributed by atoms with Gasteiger partial charge in [-0.25, -0.2) is 13.4 Å². The third-order valence-electron chi connectivity index (χ3n) is 5.69. The first-order chi connectivity index (χ1) is 14.0. The van der Waals surface area contributed by atoms with Gasteiger partial charge in [0.2, 0.25) is 15.0 Å². The average molecular weight is 424 g/mol. The molecule has 2 aromatic rings. The summed E-state index contributed by atoms with van der Waals surface area (Å²) in [6.45, 7) is 2.42. The molecule has 0 bridgehead atoms. The van der Waals surface area contributed by atoms with E-state index in [1.807, 2.05) is 24.0 Å². The molecule has 29 heavy (non-hydrogen) atoms. The van der Waals surface area contributed by atoms with Gasteiger partial charge in [-0.15, -0.1) is 0 Å². The van der Waals surface area contributed by atoms with Crippen LogP contribution in [0.5, 0.6) is 0 Å². The Bertz CT molecular complexity index is 840. The van der Waals surface area contributed by atoms with Gasteiger partial charge in [0.15, 0.2) is 0 Å². The molecule has 0 amide bonds. The van der Waals surface area contributed by atoms with E-state index in [0.29, 0.717) is 19.7 Å². The van der Waals surface area contributed by atoms with E-state index in [-0.39, 0.29) is 10.4 Å². The second kappa shape index (κ2) is 10.4. The molecule has 8 nitrogen and oxygen atoms in total. The molecule has 9 heteroatoms. The number of nitrogens with one attached hydrogen (secondary N) is 1. The van der Waals surface area contributed by atoms with E-state index >= 15 is 0 Å². The van der Waals surface area contributed by atoms with Crippen LogP contribution < -0.4 is 0 Å². The first-order valence-electron chi connectivity index (χ1n) is 10.5. The molecule has 0 unspecified atom stereocenters. The maximum absolute atomic E-state index is 13.4. The van der Waals surface area contributed by atoms with Crippen molar-refractivity contribution in [2.75, 3.05) is 27.3 Å². The van der Waals surface area contributed by atoms with Crippen LogP contribution in [0.25, 0.3) is 0 Å². The van der Waals surface area contributed by atoms with Gasteiger partial charge in [0.1, 0.15) is 0 Å². The van der Waals surface area contributed by atoms with Crippen LogP contribution in [0, 0.1) is 0 Å². The van der Waals surface area contributed by atoms with Crippen LogP contribution >= 0.6 is 0 Å². The lowest BCUT2D eigenvalue weighted by molar-refractivity contribution is 0.182. The predicted molar refractivity (Wildman–Crippen MR) is 111 cm³/mol. The van der Waals surface area contributed by atoms with Crippen LogP contribution in [0.4, 0.5) is 0 Å². The molecular weight excluding hydrogens is 390 g/mol. The fourth-order valence-electron chi connectivity index (χ4n) is 3.96. The summed E-state index contributed by atoms with van der Waals surface area (Å²) < 4.78 is 33.8. The number of methoxy groups -OCH3 is 1. The summed E-state index contributed by atoms with van der Waals surface area (Å²) >= 11 is 0. The van der Waals surface area contributed by atoms with Gasteiger partial charge in [-0.2, -0.15) is 5.10 Å². The number of H-pyrrole nitrogens is 1. The van der Waals surface area contributed by atoms with E-state index in [4.69, 9.17) is 4.74 Å². The molecular formula is C20H33N5O3S. The predicted octanol–water partition coefficient (Wildman–Crippen LogP) is 2.42. The second-order valence-corrected chi connectivity index (χ2v) is 10.1. The highest BCUT2D eigenvalue weighted by atomic mass is 32.2. The smallest absolute Gasteiger partial charge is 0.228 e. The molecule has 1 N–H and O–H groups in total. The van der Waals surface area contributed by atoms with Crippen molar-refractivity contribution in [1.29, 1.82) is 0 Å². The summed E-state index contributed by atoms with van der Waals surface area (Å²) in [5.74, 6) is 0. The summed E-state index contributed by atoms with van der Waals surface area (Å²) in [4.78, 5) is 6.56. The third-order valence-corrected chi connectivity index (χ3v) is 7.87. The number of hydrogen-bond donors (Lipinski definition) is 1. The minimum Gasteiger partial charge on any atom is -0.383 e. The van der Waals surface area contributed by atoms with Crippen molar-refractivity contribution in [3.8, 4) is 0 Å². The van der Waals surface area contributed by atoms with E-state index in [2.05, 4.69) is 20.1 Å². The molecule has 3 rings (SSSR count). The zero-order valence-corrected chi connectivity index (χ0v) is 18.3. The van der Waals surface area contributed by atoms with Crippen molar-refractivity contribution in [1.82, 2.24) is 24.6 Å². The number of imidazole rings is 1. The van der Waals surface area contributed by atoms with Gasteiger partial charge in [0.25, 0.3) is 0 Å². The molecule has 2 heterocycles. The topological polar surface area (TPSA) is 93.1 Å². The Kier molecular flexibility index (Phi) is 7.85. The second-order valence-electron chi connectivity index (χ2n) is 7.93. The van der Waals surface area contributed by atoms with E-state index in [9.17, 15) is 8.42 Å². The molecule has 1 saturated carbocycles. The average Bonchev–Trinajstić information content (AvgIpc) is 3.27. The van der Waals surface area contributed by atoms with Gasteiger partial charge in [-0.05, 0) is 31.9 Å². The minimum absolute atomic E-state index is 0.208. The Morgan fingerprint density at radius 2 is 2.00 bits per heavy atom. The minimum atomic E-state index is -3.44. The van der Waals surface area contributed by atoms with Gasteiger partial charge in [0, 0.05) is 32.9 Å². The Morgan fingerprint density at radius 1 is 1.24 bits per heavy atom. The molecule has 1 aliphatic rings.